The van der Waals surface area contributed by atoms with E-state index in [2.05, 4.69) is 14.2 Å². The summed E-state index contributed by atoms with van der Waals surface area (Å²) >= 11 is 6.02. The lowest BCUT2D eigenvalue weighted by Crippen LogP contribution is -2.34. The molecule has 0 bridgehead atoms. The van der Waals surface area contributed by atoms with Crippen molar-refractivity contribution < 1.29 is 28.9 Å². The second-order valence-electron chi connectivity index (χ2n) is 6.33. The van der Waals surface area contributed by atoms with Gasteiger partial charge in [0.25, 0.3) is 0 Å². The zero-order chi connectivity index (χ0) is 21.2. The lowest BCUT2D eigenvalue weighted by atomic mass is 9.98. The van der Waals surface area contributed by atoms with Gasteiger partial charge < -0.3 is 25.1 Å². The van der Waals surface area contributed by atoms with E-state index >= 15 is 0 Å². The second-order valence-corrected chi connectivity index (χ2v) is 6.77. The van der Waals surface area contributed by atoms with Gasteiger partial charge in [-0.1, -0.05) is 48.0 Å². The molecule has 2 aromatic carbocycles. The van der Waals surface area contributed by atoms with Gasteiger partial charge in [-0.2, -0.15) is 0 Å². The molecular weight excluding hydrogens is 398 g/mol. The zero-order valence-corrected chi connectivity index (χ0v) is 16.8. The first-order valence-electron chi connectivity index (χ1n) is 9.13. The fraction of sp³-hybridized carbons (Fsp3) is 0.333. The lowest BCUT2D eigenvalue weighted by Gasteiger charge is -2.16. The molecule has 29 heavy (non-hydrogen) atoms. The van der Waals surface area contributed by atoms with E-state index in [1.54, 1.807) is 6.92 Å². The predicted octanol–water partition coefficient (Wildman–Crippen LogP) is 3.30. The van der Waals surface area contributed by atoms with Crippen molar-refractivity contribution in [1.82, 2.24) is 0 Å². The van der Waals surface area contributed by atoms with Crippen molar-refractivity contribution in [1.29, 1.82) is 0 Å². The van der Waals surface area contributed by atoms with E-state index in [4.69, 9.17) is 17.3 Å². The maximum atomic E-state index is 11.7. The van der Waals surface area contributed by atoms with Crippen LogP contribution in [0.2, 0.25) is 5.02 Å². The van der Waals surface area contributed by atoms with Gasteiger partial charge in [0.2, 0.25) is 6.79 Å². The van der Waals surface area contributed by atoms with Crippen LogP contribution >= 0.6 is 11.6 Å². The maximum Gasteiger partial charge on any atom is 0.511 e. The molecule has 0 aliphatic rings. The Labute approximate surface area is 174 Å². The summed E-state index contributed by atoms with van der Waals surface area (Å²) in [5.74, 6) is -0.916. The minimum absolute atomic E-state index is 0.00822. The molecule has 0 saturated heterocycles. The van der Waals surface area contributed by atoms with Crippen molar-refractivity contribution in [2.75, 3.05) is 13.4 Å². The van der Waals surface area contributed by atoms with Crippen LogP contribution in [0.15, 0.2) is 48.5 Å². The first kappa shape index (κ1) is 22.7. The first-order valence-corrected chi connectivity index (χ1v) is 9.51. The lowest BCUT2D eigenvalue weighted by molar-refractivity contribution is -0.163. The fourth-order valence-corrected chi connectivity index (χ4v) is 2.85. The molecule has 8 heteroatoms. The quantitative estimate of drug-likeness (QED) is 0.472. The molecule has 0 aliphatic carbocycles. The van der Waals surface area contributed by atoms with Crippen LogP contribution in [0.25, 0.3) is 11.1 Å². The number of aliphatic hydroxyl groups is 1. The Morgan fingerprint density at radius 2 is 1.79 bits per heavy atom. The number of halogens is 1. The van der Waals surface area contributed by atoms with Gasteiger partial charge >= 0.3 is 12.1 Å². The van der Waals surface area contributed by atoms with Crippen LogP contribution in [0.4, 0.5) is 4.79 Å². The summed E-state index contributed by atoms with van der Waals surface area (Å²) in [6, 6.07) is 14.9. The van der Waals surface area contributed by atoms with Crippen molar-refractivity contribution in [3.63, 3.8) is 0 Å². The standard InChI is InChI=1S/C21H24ClNO6/c1-2-27-21(26)29-13-28-20(25)19(24)12-18(23)10-14-6-8-15(9-7-14)16-4-3-5-17(22)11-16/h3-9,11,18-19,24H,2,10,12-13,23H2,1H3/t18-,19?/m1/s1. The van der Waals surface area contributed by atoms with E-state index in [0.717, 1.165) is 16.7 Å². The Bertz CT molecular complexity index is 811. The smallest absolute Gasteiger partial charge is 0.435 e. The third-order valence-electron chi connectivity index (χ3n) is 4.05. The average molecular weight is 422 g/mol. The number of aliphatic hydroxyl groups excluding tert-OH is 1. The molecule has 2 rings (SSSR count). The Morgan fingerprint density at radius 3 is 2.45 bits per heavy atom. The maximum absolute atomic E-state index is 11.7. The van der Waals surface area contributed by atoms with E-state index in [0.29, 0.717) is 11.4 Å². The number of hydrogen-bond donors (Lipinski definition) is 2. The van der Waals surface area contributed by atoms with E-state index in [-0.39, 0.29) is 13.0 Å². The summed E-state index contributed by atoms with van der Waals surface area (Å²) in [5, 5.41) is 10.6. The van der Waals surface area contributed by atoms with E-state index in [9.17, 15) is 14.7 Å². The molecular formula is C21H24ClNO6. The number of rotatable bonds is 9. The highest BCUT2D eigenvalue weighted by atomic mass is 35.5. The molecule has 0 heterocycles. The van der Waals surface area contributed by atoms with Gasteiger partial charge in [-0.05, 0) is 48.6 Å². The number of esters is 1. The number of benzene rings is 2. The highest BCUT2D eigenvalue weighted by Gasteiger charge is 2.21. The van der Waals surface area contributed by atoms with Gasteiger partial charge in [0.15, 0.2) is 6.10 Å². The van der Waals surface area contributed by atoms with Gasteiger partial charge in [0, 0.05) is 11.1 Å². The molecule has 0 aliphatic heterocycles. The SMILES string of the molecule is CCOC(=O)OCOC(=O)C(O)C[C@H](N)Cc1ccc(-c2cccc(Cl)c2)cc1. The molecule has 7 nitrogen and oxygen atoms in total. The Hall–Kier alpha value is -2.61. The minimum atomic E-state index is -1.42. The molecule has 0 spiro atoms. The van der Waals surface area contributed by atoms with Crippen LogP contribution in [-0.2, 0) is 25.4 Å². The monoisotopic (exact) mass is 421 g/mol. The highest BCUT2D eigenvalue weighted by molar-refractivity contribution is 6.30. The molecule has 0 amide bonds. The van der Waals surface area contributed by atoms with Gasteiger partial charge in [-0.25, -0.2) is 9.59 Å². The fourth-order valence-electron chi connectivity index (χ4n) is 2.66. The Balaban J connectivity index is 1.80. The molecule has 0 aromatic heterocycles. The summed E-state index contributed by atoms with van der Waals surface area (Å²) in [6.07, 6.45) is -1.89. The summed E-state index contributed by atoms with van der Waals surface area (Å²) in [5.41, 5.74) is 9.04. The topological polar surface area (TPSA) is 108 Å². The van der Waals surface area contributed by atoms with Crippen molar-refractivity contribution in [2.45, 2.75) is 31.9 Å². The largest absolute Gasteiger partial charge is 0.511 e. The molecule has 0 fully saturated rings. The summed E-state index contributed by atoms with van der Waals surface area (Å²) in [7, 11) is 0. The van der Waals surface area contributed by atoms with Crippen LogP contribution in [0.5, 0.6) is 0 Å². The third-order valence-corrected chi connectivity index (χ3v) is 4.28. The number of carbonyl (C=O) groups excluding carboxylic acids is 2. The van der Waals surface area contributed by atoms with E-state index in [1.807, 2.05) is 48.5 Å². The first-order chi connectivity index (χ1) is 13.9. The average Bonchev–Trinajstić information content (AvgIpc) is 2.68. The predicted molar refractivity (Wildman–Crippen MR) is 108 cm³/mol. The zero-order valence-electron chi connectivity index (χ0n) is 16.0. The molecule has 3 N–H and O–H groups in total. The number of ether oxygens (including phenoxy) is 3. The number of nitrogens with two attached hydrogens (primary N) is 1. The highest BCUT2D eigenvalue weighted by Crippen LogP contribution is 2.23. The summed E-state index contributed by atoms with van der Waals surface area (Å²) in [6.45, 7) is 1.13. The number of carbonyl (C=O) groups is 2. The third kappa shape index (κ3) is 7.73. The Morgan fingerprint density at radius 1 is 1.07 bits per heavy atom. The van der Waals surface area contributed by atoms with Crippen LogP contribution in [0.1, 0.15) is 18.9 Å². The summed E-state index contributed by atoms with van der Waals surface area (Å²) in [4.78, 5) is 22.7. The van der Waals surface area contributed by atoms with Crippen molar-refractivity contribution in [3.05, 3.63) is 59.1 Å². The number of hydrogen-bond acceptors (Lipinski definition) is 7. The molecule has 1 unspecified atom stereocenters. The normalized spacial score (nSPS) is 12.7. The Kier molecular flexibility index (Phi) is 8.92. The van der Waals surface area contributed by atoms with Crippen molar-refractivity contribution >= 4 is 23.7 Å². The molecule has 156 valence electrons. The van der Waals surface area contributed by atoms with Crippen LogP contribution in [0, 0.1) is 0 Å². The van der Waals surface area contributed by atoms with E-state index < -0.39 is 31.1 Å². The van der Waals surface area contributed by atoms with Crippen LogP contribution < -0.4 is 5.73 Å². The van der Waals surface area contributed by atoms with Crippen LogP contribution in [0.3, 0.4) is 0 Å². The van der Waals surface area contributed by atoms with E-state index in [1.165, 1.54) is 0 Å². The summed E-state index contributed by atoms with van der Waals surface area (Å²) < 4.78 is 13.7. The van der Waals surface area contributed by atoms with Gasteiger partial charge in [-0.15, -0.1) is 0 Å². The molecule has 0 saturated carbocycles. The molecule has 2 aromatic rings. The van der Waals surface area contributed by atoms with Gasteiger partial charge in [-0.3, -0.25) is 0 Å². The molecule has 2 atom stereocenters. The van der Waals surface area contributed by atoms with Crippen molar-refractivity contribution in [3.8, 4) is 11.1 Å². The molecule has 0 radical (unpaired) electrons. The van der Waals surface area contributed by atoms with Crippen molar-refractivity contribution in [2.24, 2.45) is 5.73 Å². The minimum Gasteiger partial charge on any atom is -0.435 e. The second kappa shape index (κ2) is 11.4. The van der Waals surface area contributed by atoms with Gasteiger partial charge in [0.1, 0.15) is 0 Å². The van der Waals surface area contributed by atoms with Gasteiger partial charge in [0.05, 0.1) is 6.61 Å². The van der Waals surface area contributed by atoms with Crippen LogP contribution in [-0.4, -0.2) is 42.8 Å².